The van der Waals surface area contributed by atoms with Crippen molar-refractivity contribution in [2.75, 3.05) is 13.7 Å². The summed E-state index contributed by atoms with van der Waals surface area (Å²) in [5.41, 5.74) is 0. The maximum Gasteiger partial charge on any atom is 0.240 e. The predicted molar refractivity (Wildman–Crippen MR) is 72.9 cm³/mol. The highest BCUT2D eigenvalue weighted by Gasteiger charge is 2.16. The first kappa shape index (κ1) is 14.5. The normalized spacial score (nSPS) is 13.1. The van der Waals surface area contributed by atoms with E-state index in [2.05, 4.69) is 14.8 Å². The molecule has 1 aromatic heterocycles. The summed E-state index contributed by atoms with van der Waals surface area (Å²) in [4.78, 5) is 4.02. The third-order valence-corrected chi connectivity index (χ3v) is 4.27. The number of sulfonamides is 1. The van der Waals surface area contributed by atoms with Crippen molar-refractivity contribution in [3.63, 3.8) is 0 Å². The molecule has 0 spiro atoms. The number of nitrogens with one attached hydrogen (secondary N) is 1. The minimum Gasteiger partial charge on any atom is -0.497 e. The van der Waals surface area contributed by atoms with E-state index in [1.54, 1.807) is 23.1 Å². The lowest BCUT2D eigenvalue weighted by atomic mass is 10.3. The Morgan fingerprint density at radius 2 is 2.05 bits per heavy atom. The molecule has 20 heavy (non-hydrogen) atoms. The van der Waals surface area contributed by atoms with Crippen molar-refractivity contribution in [2.45, 2.75) is 17.9 Å². The van der Waals surface area contributed by atoms with Crippen LogP contribution in [0.1, 0.15) is 13.0 Å². The lowest BCUT2D eigenvalue weighted by Crippen LogP contribution is -2.29. The summed E-state index contributed by atoms with van der Waals surface area (Å²) in [5.74, 6) is 0.611. The van der Waals surface area contributed by atoms with Gasteiger partial charge in [0.15, 0.2) is 0 Å². The molecule has 0 saturated heterocycles. The highest BCUT2D eigenvalue weighted by atomic mass is 32.2. The van der Waals surface area contributed by atoms with E-state index >= 15 is 0 Å². The second-order valence-corrected chi connectivity index (χ2v) is 6.02. The van der Waals surface area contributed by atoms with Gasteiger partial charge in [-0.15, -0.1) is 0 Å². The van der Waals surface area contributed by atoms with E-state index in [0.29, 0.717) is 5.75 Å². The van der Waals surface area contributed by atoms with Crippen LogP contribution in [-0.2, 0) is 10.0 Å². The lowest BCUT2D eigenvalue weighted by Gasteiger charge is -2.13. The summed E-state index contributed by atoms with van der Waals surface area (Å²) in [7, 11) is -2.01. The number of hydrogen-bond donors (Lipinski definition) is 1. The molecule has 1 heterocycles. The largest absolute Gasteiger partial charge is 0.497 e. The number of hydrogen-bond acceptors (Lipinski definition) is 5. The Labute approximate surface area is 117 Å². The van der Waals surface area contributed by atoms with Gasteiger partial charge in [0.2, 0.25) is 10.0 Å². The van der Waals surface area contributed by atoms with E-state index in [1.165, 1.54) is 25.6 Å². The van der Waals surface area contributed by atoms with Crippen molar-refractivity contribution in [1.82, 2.24) is 19.5 Å². The van der Waals surface area contributed by atoms with Crippen molar-refractivity contribution in [3.05, 3.63) is 36.9 Å². The molecule has 1 aromatic carbocycles. The lowest BCUT2D eigenvalue weighted by molar-refractivity contribution is 0.414. The number of methoxy groups -OCH3 is 1. The molecule has 0 aliphatic carbocycles. The second-order valence-electron chi connectivity index (χ2n) is 4.25. The number of aromatic nitrogens is 3. The fraction of sp³-hybridized carbons (Fsp3) is 0.333. The summed E-state index contributed by atoms with van der Waals surface area (Å²) in [5, 5.41) is 3.97. The van der Waals surface area contributed by atoms with E-state index in [4.69, 9.17) is 4.74 Å². The first-order chi connectivity index (χ1) is 9.53. The van der Waals surface area contributed by atoms with Crippen molar-refractivity contribution in [3.8, 4) is 5.75 Å². The van der Waals surface area contributed by atoms with Crippen molar-refractivity contribution in [1.29, 1.82) is 0 Å². The topological polar surface area (TPSA) is 86.1 Å². The maximum atomic E-state index is 12.1. The van der Waals surface area contributed by atoms with Crippen LogP contribution in [0.4, 0.5) is 0 Å². The Hall–Kier alpha value is -1.93. The Bertz CT molecular complexity index is 638. The van der Waals surface area contributed by atoms with Crippen LogP contribution < -0.4 is 9.46 Å². The molecule has 0 amide bonds. The van der Waals surface area contributed by atoms with E-state index in [9.17, 15) is 8.42 Å². The summed E-state index contributed by atoms with van der Waals surface area (Å²) >= 11 is 0. The third kappa shape index (κ3) is 3.34. The van der Waals surface area contributed by atoms with Gasteiger partial charge in [0.25, 0.3) is 0 Å². The standard InChI is InChI=1S/C12H16N4O3S/c1-10(16-9-13-8-14-16)7-15-20(17,18)12-5-3-11(19-2)4-6-12/h3-6,8-10,15H,7H2,1-2H3. The summed E-state index contributed by atoms with van der Waals surface area (Å²) in [6.07, 6.45) is 2.96. The monoisotopic (exact) mass is 296 g/mol. The molecule has 1 atom stereocenters. The van der Waals surface area contributed by atoms with Gasteiger partial charge in [-0.2, -0.15) is 5.10 Å². The minimum absolute atomic E-state index is 0.120. The highest BCUT2D eigenvalue weighted by Crippen LogP contribution is 2.15. The molecule has 0 saturated carbocycles. The molecule has 0 radical (unpaired) electrons. The molecule has 0 aliphatic heterocycles. The van der Waals surface area contributed by atoms with Crippen LogP contribution >= 0.6 is 0 Å². The average molecular weight is 296 g/mol. The Morgan fingerprint density at radius 3 is 2.60 bits per heavy atom. The predicted octanol–water partition coefficient (Wildman–Crippen LogP) is 0.826. The molecule has 108 valence electrons. The van der Waals surface area contributed by atoms with E-state index in [1.807, 2.05) is 6.92 Å². The van der Waals surface area contributed by atoms with Crippen LogP contribution in [0.3, 0.4) is 0 Å². The fourth-order valence-corrected chi connectivity index (χ4v) is 2.73. The van der Waals surface area contributed by atoms with Gasteiger partial charge in [-0.3, -0.25) is 0 Å². The van der Waals surface area contributed by atoms with Crippen LogP contribution in [0.5, 0.6) is 5.75 Å². The summed E-state index contributed by atoms with van der Waals surface area (Å²) in [6, 6.07) is 6.10. The van der Waals surface area contributed by atoms with Gasteiger partial charge < -0.3 is 4.74 Å². The van der Waals surface area contributed by atoms with Gasteiger partial charge in [0.05, 0.1) is 18.0 Å². The zero-order chi connectivity index (χ0) is 14.6. The third-order valence-electron chi connectivity index (χ3n) is 2.83. The molecule has 0 aliphatic rings. The van der Waals surface area contributed by atoms with Crippen LogP contribution in [-0.4, -0.2) is 36.8 Å². The molecule has 0 bridgehead atoms. The molecule has 0 fully saturated rings. The molecular weight excluding hydrogens is 280 g/mol. The first-order valence-electron chi connectivity index (χ1n) is 6.01. The second kappa shape index (κ2) is 6.02. The molecule has 2 rings (SSSR count). The van der Waals surface area contributed by atoms with Gasteiger partial charge in [-0.1, -0.05) is 0 Å². The quantitative estimate of drug-likeness (QED) is 0.853. The maximum absolute atomic E-state index is 12.1. The molecule has 1 N–H and O–H groups in total. The Kier molecular flexibility index (Phi) is 4.35. The summed E-state index contributed by atoms with van der Waals surface area (Å²) < 4.78 is 33.3. The van der Waals surface area contributed by atoms with E-state index in [-0.39, 0.29) is 17.5 Å². The van der Waals surface area contributed by atoms with Crippen LogP contribution in [0.15, 0.2) is 41.8 Å². The zero-order valence-electron chi connectivity index (χ0n) is 11.2. The van der Waals surface area contributed by atoms with Crippen molar-refractivity contribution >= 4 is 10.0 Å². The van der Waals surface area contributed by atoms with E-state index < -0.39 is 10.0 Å². The first-order valence-corrected chi connectivity index (χ1v) is 7.49. The highest BCUT2D eigenvalue weighted by molar-refractivity contribution is 7.89. The molecule has 7 nitrogen and oxygen atoms in total. The number of rotatable bonds is 6. The molecule has 8 heteroatoms. The van der Waals surface area contributed by atoms with Gasteiger partial charge in [-0.05, 0) is 31.2 Å². The van der Waals surface area contributed by atoms with Gasteiger partial charge in [-0.25, -0.2) is 22.8 Å². The summed E-state index contributed by atoms with van der Waals surface area (Å²) in [6.45, 7) is 2.09. The van der Waals surface area contributed by atoms with Crippen LogP contribution in [0.2, 0.25) is 0 Å². The molecule has 2 aromatic rings. The fourth-order valence-electron chi connectivity index (χ4n) is 1.61. The van der Waals surface area contributed by atoms with Crippen molar-refractivity contribution in [2.24, 2.45) is 0 Å². The molecular formula is C12H16N4O3S. The molecule has 1 unspecified atom stereocenters. The van der Waals surface area contributed by atoms with Gasteiger partial charge >= 0.3 is 0 Å². The number of benzene rings is 1. The van der Waals surface area contributed by atoms with Crippen molar-refractivity contribution < 1.29 is 13.2 Å². The van der Waals surface area contributed by atoms with Crippen LogP contribution in [0.25, 0.3) is 0 Å². The van der Waals surface area contributed by atoms with E-state index in [0.717, 1.165) is 0 Å². The number of nitrogens with zero attached hydrogens (tertiary/aromatic N) is 3. The Balaban J connectivity index is 2.03. The Morgan fingerprint density at radius 1 is 1.35 bits per heavy atom. The van der Waals surface area contributed by atoms with Crippen LogP contribution in [0, 0.1) is 0 Å². The number of ether oxygens (including phenoxy) is 1. The minimum atomic E-state index is -3.54. The SMILES string of the molecule is COc1ccc(S(=O)(=O)NCC(C)n2cncn2)cc1. The van der Waals surface area contributed by atoms with Gasteiger partial charge in [0.1, 0.15) is 18.4 Å². The van der Waals surface area contributed by atoms with Gasteiger partial charge in [0, 0.05) is 6.54 Å². The zero-order valence-corrected chi connectivity index (χ0v) is 12.0. The average Bonchev–Trinajstić information content (AvgIpc) is 2.99. The smallest absolute Gasteiger partial charge is 0.240 e.